The molecule has 104 valence electrons. The van der Waals surface area contributed by atoms with E-state index in [1.165, 1.54) is 21.3 Å². The fourth-order valence-corrected chi connectivity index (χ4v) is 2.10. The van der Waals surface area contributed by atoms with E-state index in [1.54, 1.807) is 12.1 Å². The second kappa shape index (κ2) is 5.09. The van der Waals surface area contributed by atoms with E-state index in [0.717, 1.165) is 0 Å². The number of hydrogen-bond acceptors (Lipinski definition) is 5. The molecule has 0 aliphatic heterocycles. The van der Waals surface area contributed by atoms with Gasteiger partial charge in [-0.2, -0.15) is 0 Å². The molecular weight excluding hydrogens is 248 g/mol. The number of ether oxygens (including phenoxy) is 3. The Bertz CT molecular complexity index is 466. The molecule has 0 saturated heterocycles. The molecule has 19 heavy (non-hydrogen) atoms. The van der Waals surface area contributed by atoms with Gasteiger partial charge in [-0.3, -0.25) is 4.79 Å². The van der Waals surface area contributed by atoms with E-state index in [9.17, 15) is 9.90 Å². The highest BCUT2D eigenvalue weighted by atomic mass is 16.5. The summed E-state index contributed by atoms with van der Waals surface area (Å²) in [6, 6.07) is 3.28. The molecule has 1 aromatic carbocycles. The molecule has 5 heteroatoms. The Morgan fingerprint density at radius 2 is 1.68 bits per heavy atom. The third-order valence-corrected chi connectivity index (χ3v) is 3.58. The number of aliphatic hydroxyl groups is 1. The molecular formula is C14H18O5. The minimum absolute atomic E-state index is 0.133. The maximum Gasteiger partial charge on any atom is 0.178 e. The highest BCUT2D eigenvalue weighted by molar-refractivity contribution is 6.06. The van der Waals surface area contributed by atoms with Crippen LogP contribution in [0, 0.1) is 5.41 Å². The SMILES string of the molecule is COc1cc(OC)c(C(=O)C2(CO)CC2)c(OC)c1. The summed E-state index contributed by atoms with van der Waals surface area (Å²) in [5.41, 5.74) is -0.285. The Morgan fingerprint density at radius 3 is 2.00 bits per heavy atom. The van der Waals surface area contributed by atoms with Gasteiger partial charge in [0, 0.05) is 12.1 Å². The van der Waals surface area contributed by atoms with E-state index < -0.39 is 5.41 Å². The normalized spacial score (nSPS) is 15.8. The number of carbonyl (C=O) groups excluding carboxylic acids is 1. The Kier molecular flexibility index (Phi) is 3.66. The molecule has 0 amide bonds. The third-order valence-electron chi connectivity index (χ3n) is 3.58. The molecule has 1 N–H and O–H groups in total. The predicted octanol–water partition coefficient (Wildman–Crippen LogP) is 1.67. The van der Waals surface area contributed by atoms with Gasteiger partial charge in [0.15, 0.2) is 5.78 Å². The van der Waals surface area contributed by atoms with Crippen LogP contribution in [-0.4, -0.2) is 38.8 Å². The molecule has 0 atom stereocenters. The van der Waals surface area contributed by atoms with Crippen molar-refractivity contribution in [2.24, 2.45) is 5.41 Å². The topological polar surface area (TPSA) is 65.0 Å². The van der Waals surface area contributed by atoms with E-state index in [-0.39, 0.29) is 12.4 Å². The Morgan fingerprint density at radius 1 is 1.16 bits per heavy atom. The molecule has 1 fully saturated rings. The van der Waals surface area contributed by atoms with Gasteiger partial charge in [0.25, 0.3) is 0 Å². The van der Waals surface area contributed by atoms with E-state index >= 15 is 0 Å². The molecule has 0 bridgehead atoms. The maximum absolute atomic E-state index is 12.6. The van der Waals surface area contributed by atoms with Crippen molar-refractivity contribution in [2.75, 3.05) is 27.9 Å². The average molecular weight is 266 g/mol. The number of rotatable bonds is 6. The van der Waals surface area contributed by atoms with Crippen LogP contribution in [0.3, 0.4) is 0 Å². The Labute approximate surface area is 112 Å². The van der Waals surface area contributed by atoms with Gasteiger partial charge in [-0.25, -0.2) is 0 Å². The van der Waals surface area contributed by atoms with Crippen molar-refractivity contribution in [1.82, 2.24) is 0 Å². The quantitative estimate of drug-likeness (QED) is 0.793. The first kappa shape index (κ1) is 13.7. The second-order valence-electron chi connectivity index (χ2n) is 4.67. The maximum atomic E-state index is 12.6. The number of ketones is 1. The first-order valence-corrected chi connectivity index (χ1v) is 6.07. The summed E-state index contributed by atoms with van der Waals surface area (Å²) in [6.45, 7) is -0.149. The standard InChI is InChI=1S/C14H18O5/c1-17-9-6-10(18-2)12(11(7-9)19-3)13(16)14(8-15)4-5-14/h6-7,15H,4-5,8H2,1-3H3. The van der Waals surface area contributed by atoms with Gasteiger partial charge in [0.1, 0.15) is 22.8 Å². The molecule has 0 aromatic heterocycles. The van der Waals surface area contributed by atoms with Crippen molar-refractivity contribution >= 4 is 5.78 Å². The number of methoxy groups -OCH3 is 3. The lowest BCUT2D eigenvalue weighted by molar-refractivity contribution is 0.0823. The van der Waals surface area contributed by atoms with Gasteiger partial charge in [0.2, 0.25) is 0 Å². The highest BCUT2D eigenvalue weighted by Crippen LogP contribution is 2.50. The van der Waals surface area contributed by atoms with Gasteiger partial charge in [-0.05, 0) is 12.8 Å². The van der Waals surface area contributed by atoms with Crippen molar-refractivity contribution < 1.29 is 24.1 Å². The van der Waals surface area contributed by atoms with E-state index in [4.69, 9.17) is 14.2 Å². The lowest BCUT2D eigenvalue weighted by Gasteiger charge is -2.17. The molecule has 1 saturated carbocycles. The summed E-state index contributed by atoms with van der Waals surface area (Å²) >= 11 is 0. The van der Waals surface area contributed by atoms with Crippen molar-refractivity contribution in [1.29, 1.82) is 0 Å². The predicted molar refractivity (Wildman–Crippen MR) is 69.2 cm³/mol. The van der Waals surface area contributed by atoms with E-state index in [1.807, 2.05) is 0 Å². The zero-order valence-electron chi connectivity index (χ0n) is 11.4. The van der Waals surface area contributed by atoms with Crippen molar-refractivity contribution in [3.05, 3.63) is 17.7 Å². The van der Waals surface area contributed by atoms with Crippen LogP contribution in [0.15, 0.2) is 12.1 Å². The molecule has 1 aromatic rings. The smallest absolute Gasteiger partial charge is 0.178 e. The minimum atomic E-state index is -0.658. The van der Waals surface area contributed by atoms with E-state index in [2.05, 4.69) is 0 Å². The molecule has 5 nitrogen and oxygen atoms in total. The fraction of sp³-hybridized carbons (Fsp3) is 0.500. The second-order valence-corrected chi connectivity index (χ2v) is 4.67. The first-order valence-electron chi connectivity index (χ1n) is 6.07. The van der Waals surface area contributed by atoms with Crippen LogP contribution >= 0.6 is 0 Å². The summed E-state index contributed by atoms with van der Waals surface area (Å²) in [4.78, 5) is 12.6. The molecule has 0 radical (unpaired) electrons. The van der Waals surface area contributed by atoms with Crippen LogP contribution in [0.25, 0.3) is 0 Å². The summed E-state index contributed by atoms with van der Waals surface area (Å²) in [5, 5.41) is 9.39. The summed E-state index contributed by atoms with van der Waals surface area (Å²) in [6.07, 6.45) is 1.39. The summed E-state index contributed by atoms with van der Waals surface area (Å²) < 4.78 is 15.7. The number of hydrogen-bond donors (Lipinski definition) is 1. The van der Waals surface area contributed by atoms with Gasteiger partial charge < -0.3 is 19.3 Å². The van der Waals surface area contributed by atoms with Gasteiger partial charge >= 0.3 is 0 Å². The molecule has 0 unspecified atom stereocenters. The zero-order chi connectivity index (χ0) is 14.0. The largest absolute Gasteiger partial charge is 0.496 e. The van der Waals surface area contributed by atoms with Crippen LogP contribution in [-0.2, 0) is 0 Å². The molecule has 0 spiro atoms. The average Bonchev–Trinajstić information content (AvgIpc) is 3.25. The highest BCUT2D eigenvalue weighted by Gasteiger charge is 2.51. The van der Waals surface area contributed by atoms with Crippen LogP contribution in [0.2, 0.25) is 0 Å². The molecule has 1 aliphatic rings. The zero-order valence-corrected chi connectivity index (χ0v) is 11.4. The van der Waals surface area contributed by atoms with Crippen molar-refractivity contribution in [3.8, 4) is 17.2 Å². The molecule has 2 rings (SSSR count). The van der Waals surface area contributed by atoms with Crippen LogP contribution in [0.1, 0.15) is 23.2 Å². The van der Waals surface area contributed by atoms with Crippen LogP contribution < -0.4 is 14.2 Å². The lowest BCUT2D eigenvalue weighted by Crippen LogP contribution is -2.21. The van der Waals surface area contributed by atoms with Crippen molar-refractivity contribution in [2.45, 2.75) is 12.8 Å². The van der Waals surface area contributed by atoms with Gasteiger partial charge in [-0.15, -0.1) is 0 Å². The van der Waals surface area contributed by atoms with Crippen LogP contribution in [0.4, 0.5) is 0 Å². The van der Waals surface area contributed by atoms with E-state index in [0.29, 0.717) is 35.7 Å². The summed E-state index contributed by atoms with van der Waals surface area (Å²) in [5.74, 6) is 1.23. The van der Waals surface area contributed by atoms with Gasteiger partial charge in [0.05, 0.1) is 33.4 Å². The molecule has 1 aliphatic carbocycles. The number of Topliss-reactive ketones (excluding diaryl/α,β-unsaturated/α-hetero) is 1. The van der Waals surface area contributed by atoms with Gasteiger partial charge in [-0.1, -0.05) is 0 Å². The number of aliphatic hydroxyl groups excluding tert-OH is 1. The van der Waals surface area contributed by atoms with Crippen molar-refractivity contribution in [3.63, 3.8) is 0 Å². The minimum Gasteiger partial charge on any atom is -0.496 e. The third kappa shape index (κ3) is 2.26. The Hall–Kier alpha value is -1.75. The number of carbonyl (C=O) groups is 1. The summed E-state index contributed by atoms with van der Waals surface area (Å²) in [7, 11) is 4.51. The fourth-order valence-electron chi connectivity index (χ4n) is 2.10. The Balaban J connectivity index is 2.51. The van der Waals surface area contributed by atoms with Crippen LogP contribution in [0.5, 0.6) is 17.2 Å². The molecule has 0 heterocycles. The first-order chi connectivity index (χ1) is 9.11. The number of benzene rings is 1. The lowest BCUT2D eigenvalue weighted by atomic mass is 9.94. The monoisotopic (exact) mass is 266 g/mol.